The van der Waals surface area contributed by atoms with Gasteiger partial charge in [0.1, 0.15) is 12.6 Å². The molecule has 12 heteroatoms. The molecule has 0 heterocycles. The van der Waals surface area contributed by atoms with Crippen LogP contribution < -0.4 is 9.62 Å². The van der Waals surface area contributed by atoms with Crippen LogP contribution in [0, 0.1) is 0 Å². The Hall–Kier alpha value is -1.71. The zero-order chi connectivity index (χ0) is 24.9. The van der Waals surface area contributed by atoms with E-state index in [1.54, 1.807) is 31.2 Å². The fraction of sp³-hybridized carbons (Fsp3) is 0.333. The molecule has 33 heavy (non-hydrogen) atoms. The van der Waals surface area contributed by atoms with Gasteiger partial charge in [0.05, 0.1) is 27.0 Å². The van der Waals surface area contributed by atoms with Crippen LogP contribution in [0.5, 0.6) is 0 Å². The van der Waals surface area contributed by atoms with E-state index in [4.69, 9.17) is 46.4 Å². The van der Waals surface area contributed by atoms with Gasteiger partial charge in [-0.05, 0) is 30.2 Å². The Morgan fingerprint density at radius 3 is 2.15 bits per heavy atom. The molecule has 0 aromatic heterocycles. The second-order valence-corrected chi connectivity index (χ2v) is 10.7. The van der Waals surface area contributed by atoms with Crippen molar-refractivity contribution in [2.75, 3.05) is 24.2 Å². The number of amides is 2. The first-order valence-corrected chi connectivity index (χ1v) is 13.1. The molecule has 2 aromatic rings. The molecule has 2 rings (SSSR count). The lowest BCUT2D eigenvalue weighted by Gasteiger charge is -2.33. The number of likely N-dealkylation sites (N-methyl/N-ethyl adjacent to an activating group) is 1. The van der Waals surface area contributed by atoms with Crippen LogP contribution >= 0.6 is 46.4 Å². The number of nitrogens with zero attached hydrogens (tertiary/aromatic N) is 2. The van der Waals surface area contributed by atoms with Crippen LogP contribution in [0.3, 0.4) is 0 Å². The van der Waals surface area contributed by atoms with Gasteiger partial charge < -0.3 is 10.2 Å². The van der Waals surface area contributed by atoms with Gasteiger partial charge in [0.25, 0.3) is 0 Å². The molecule has 2 aromatic carbocycles. The van der Waals surface area contributed by atoms with Gasteiger partial charge in [-0.3, -0.25) is 13.9 Å². The van der Waals surface area contributed by atoms with Crippen molar-refractivity contribution < 1.29 is 18.0 Å². The Morgan fingerprint density at radius 1 is 1.00 bits per heavy atom. The van der Waals surface area contributed by atoms with Gasteiger partial charge in [-0.1, -0.05) is 71.5 Å². The lowest BCUT2D eigenvalue weighted by Crippen LogP contribution is -2.51. The van der Waals surface area contributed by atoms with Crippen molar-refractivity contribution in [2.45, 2.75) is 25.9 Å². The van der Waals surface area contributed by atoms with Gasteiger partial charge in [0.15, 0.2) is 0 Å². The minimum atomic E-state index is -3.96. The standard InChI is InChI=1S/C21H23Cl4N3O4S/c1-4-18(21(30)26-2)27(11-13-7-5-6-8-14(13)22)20(29)12-28(33(3,31)32)19-10-16(24)15(23)9-17(19)25/h5-10,18H,4,11-12H2,1-3H3,(H,26,30)/t18-/m0/s1. The quantitative estimate of drug-likeness (QED) is 0.458. The van der Waals surface area contributed by atoms with Gasteiger partial charge in [-0.2, -0.15) is 0 Å². The van der Waals surface area contributed by atoms with Gasteiger partial charge in [-0.15, -0.1) is 0 Å². The molecule has 7 nitrogen and oxygen atoms in total. The molecule has 0 saturated heterocycles. The first-order chi connectivity index (χ1) is 15.4. The summed E-state index contributed by atoms with van der Waals surface area (Å²) in [6.07, 6.45) is 1.23. The van der Waals surface area contributed by atoms with Crippen LogP contribution in [0.1, 0.15) is 18.9 Å². The van der Waals surface area contributed by atoms with E-state index in [2.05, 4.69) is 5.32 Å². The second-order valence-electron chi connectivity index (χ2n) is 7.14. The molecule has 0 spiro atoms. The zero-order valence-corrected chi connectivity index (χ0v) is 22.0. The maximum Gasteiger partial charge on any atom is 0.244 e. The van der Waals surface area contributed by atoms with Gasteiger partial charge in [0, 0.05) is 18.6 Å². The molecule has 0 aliphatic heterocycles. The number of carbonyl (C=O) groups is 2. The number of hydrogen-bond acceptors (Lipinski definition) is 4. The highest BCUT2D eigenvalue weighted by Crippen LogP contribution is 2.35. The Balaban J connectivity index is 2.51. The van der Waals surface area contributed by atoms with E-state index in [-0.39, 0.29) is 27.3 Å². The minimum absolute atomic E-state index is 0.00128. The molecule has 0 aliphatic carbocycles. The summed E-state index contributed by atoms with van der Waals surface area (Å²) in [6, 6.07) is 8.60. The monoisotopic (exact) mass is 553 g/mol. The van der Waals surface area contributed by atoms with E-state index in [1.165, 1.54) is 24.1 Å². The predicted octanol–water partition coefficient (Wildman–Crippen LogP) is 4.62. The molecular weight excluding hydrogens is 532 g/mol. The first kappa shape index (κ1) is 27.5. The van der Waals surface area contributed by atoms with Crippen LogP contribution in [-0.4, -0.2) is 51.0 Å². The summed E-state index contributed by atoms with van der Waals surface area (Å²) in [7, 11) is -2.51. The number of benzene rings is 2. The fourth-order valence-electron chi connectivity index (χ4n) is 3.19. The summed E-state index contributed by atoms with van der Waals surface area (Å²) in [5, 5.41) is 3.16. The van der Waals surface area contributed by atoms with Crippen molar-refractivity contribution in [1.29, 1.82) is 0 Å². The van der Waals surface area contributed by atoms with Crippen LogP contribution in [0.2, 0.25) is 20.1 Å². The Kier molecular flexibility index (Phi) is 9.70. The summed E-state index contributed by atoms with van der Waals surface area (Å²) in [6.45, 7) is 1.13. The molecule has 1 N–H and O–H groups in total. The smallest absolute Gasteiger partial charge is 0.244 e. The molecular formula is C21H23Cl4N3O4S. The van der Waals surface area contributed by atoms with Crippen molar-refractivity contribution in [3.63, 3.8) is 0 Å². The van der Waals surface area contributed by atoms with E-state index in [1.807, 2.05) is 0 Å². The van der Waals surface area contributed by atoms with Crippen LogP contribution in [0.25, 0.3) is 0 Å². The molecule has 1 atom stereocenters. The van der Waals surface area contributed by atoms with Crippen LogP contribution in [0.4, 0.5) is 5.69 Å². The van der Waals surface area contributed by atoms with E-state index in [0.29, 0.717) is 17.0 Å². The van der Waals surface area contributed by atoms with Crippen molar-refractivity contribution in [2.24, 2.45) is 0 Å². The second kappa shape index (κ2) is 11.6. The number of carbonyl (C=O) groups excluding carboxylic acids is 2. The largest absolute Gasteiger partial charge is 0.357 e. The average molecular weight is 555 g/mol. The van der Waals surface area contributed by atoms with Crippen molar-refractivity contribution in [1.82, 2.24) is 10.2 Å². The number of halogens is 4. The number of anilines is 1. The van der Waals surface area contributed by atoms with Crippen LogP contribution in [-0.2, 0) is 26.2 Å². The van der Waals surface area contributed by atoms with E-state index in [9.17, 15) is 18.0 Å². The van der Waals surface area contributed by atoms with Crippen molar-refractivity contribution >= 4 is 73.9 Å². The molecule has 0 bridgehead atoms. The van der Waals surface area contributed by atoms with Gasteiger partial charge in [0.2, 0.25) is 21.8 Å². The molecule has 0 fully saturated rings. The molecule has 2 amide bonds. The highest BCUT2D eigenvalue weighted by molar-refractivity contribution is 7.92. The van der Waals surface area contributed by atoms with E-state index >= 15 is 0 Å². The Morgan fingerprint density at radius 2 is 1.61 bits per heavy atom. The lowest BCUT2D eigenvalue weighted by molar-refractivity contribution is -0.140. The normalized spacial score (nSPS) is 12.2. The number of nitrogens with one attached hydrogen (secondary N) is 1. The summed E-state index contributed by atoms with van der Waals surface area (Å²) >= 11 is 24.5. The first-order valence-electron chi connectivity index (χ1n) is 9.77. The summed E-state index contributed by atoms with van der Waals surface area (Å²) in [5.74, 6) is -1.02. The van der Waals surface area contributed by atoms with Crippen molar-refractivity contribution in [3.8, 4) is 0 Å². The maximum atomic E-state index is 13.5. The average Bonchev–Trinajstić information content (AvgIpc) is 2.74. The molecule has 0 radical (unpaired) electrons. The molecule has 180 valence electrons. The molecule has 0 unspecified atom stereocenters. The highest BCUT2D eigenvalue weighted by atomic mass is 35.5. The number of sulfonamides is 1. The summed E-state index contributed by atoms with van der Waals surface area (Å²) < 4.78 is 26.0. The third-order valence-corrected chi connectivity index (χ3v) is 7.39. The predicted molar refractivity (Wildman–Crippen MR) is 134 cm³/mol. The lowest BCUT2D eigenvalue weighted by atomic mass is 10.1. The fourth-order valence-corrected chi connectivity index (χ4v) is 4.94. The molecule has 0 saturated carbocycles. The third-order valence-electron chi connectivity index (χ3n) is 4.87. The topological polar surface area (TPSA) is 86.8 Å². The SMILES string of the molecule is CC[C@@H](C(=O)NC)N(Cc1ccccc1Cl)C(=O)CN(c1cc(Cl)c(Cl)cc1Cl)S(C)(=O)=O. The third kappa shape index (κ3) is 6.90. The van der Waals surface area contributed by atoms with Gasteiger partial charge in [-0.25, -0.2) is 8.42 Å². The maximum absolute atomic E-state index is 13.5. The van der Waals surface area contributed by atoms with Crippen molar-refractivity contribution in [3.05, 3.63) is 62.1 Å². The number of rotatable bonds is 9. The van der Waals surface area contributed by atoms with E-state index in [0.717, 1.165) is 10.6 Å². The van der Waals surface area contributed by atoms with E-state index < -0.39 is 34.4 Å². The summed E-state index contributed by atoms with van der Waals surface area (Å²) in [5.41, 5.74) is 0.598. The Labute approximate surface area is 213 Å². The minimum Gasteiger partial charge on any atom is -0.357 e. The zero-order valence-electron chi connectivity index (χ0n) is 18.1. The molecule has 0 aliphatic rings. The van der Waals surface area contributed by atoms with Crippen LogP contribution in [0.15, 0.2) is 36.4 Å². The number of hydrogen-bond donors (Lipinski definition) is 1. The highest BCUT2D eigenvalue weighted by Gasteiger charge is 2.32. The Bertz CT molecular complexity index is 1140. The summed E-state index contributed by atoms with van der Waals surface area (Å²) in [4.78, 5) is 27.3. The van der Waals surface area contributed by atoms with Gasteiger partial charge >= 0.3 is 0 Å².